The summed E-state index contributed by atoms with van der Waals surface area (Å²) in [5, 5.41) is 15.2. The fraction of sp³-hybridized carbons (Fsp3) is 0.233. The van der Waals surface area contributed by atoms with Crippen molar-refractivity contribution in [2.45, 2.75) is 31.4 Å². The van der Waals surface area contributed by atoms with Crippen LogP contribution in [0.1, 0.15) is 29.0 Å². The third-order valence-corrected chi connectivity index (χ3v) is 6.69. The SMILES string of the molecule is COc1ccc(CCCc2nnc(SCC(=O)N/N=C\c3ccc(OCC(=O)Nc4ccccc4)cc3)o2)c(C)c1. The molecule has 4 aromatic rings. The van der Waals surface area contributed by atoms with E-state index in [-0.39, 0.29) is 24.2 Å². The summed E-state index contributed by atoms with van der Waals surface area (Å²) in [6, 6.07) is 22.2. The van der Waals surface area contributed by atoms with E-state index >= 15 is 0 Å². The van der Waals surface area contributed by atoms with Crippen LogP contribution in [0, 0.1) is 6.92 Å². The van der Waals surface area contributed by atoms with Crippen LogP contribution in [-0.2, 0) is 22.4 Å². The van der Waals surface area contributed by atoms with E-state index in [1.807, 2.05) is 30.3 Å². The van der Waals surface area contributed by atoms with Gasteiger partial charge in [-0.3, -0.25) is 9.59 Å². The molecule has 10 nitrogen and oxygen atoms in total. The van der Waals surface area contributed by atoms with E-state index in [0.29, 0.717) is 29.0 Å². The second-order valence-electron chi connectivity index (χ2n) is 8.96. The summed E-state index contributed by atoms with van der Waals surface area (Å²) in [5.41, 5.74) is 6.38. The molecule has 11 heteroatoms. The lowest BCUT2D eigenvalue weighted by Crippen LogP contribution is -2.20. The van der Waals surface area contributed by atoms with Gasteiger partial charge in [0.25, 0.3) is 17.0 Å². The Morgan fingerprint density at radius 3 is 2.51 bits per heavy atom. The molecule has 0 fully saturated rings. The van der Waals surface area contributed by atoms with Crippen LogP contribution < -0.4 is 20.2 Å². The Bertz CT molecular complexity index is 1460. The molecule has 1 aromatic heterocycles. The number of carbonyl (C=O) groups excluding carboxylic acids is 2. The van der Waals surface area contributed by atoms with Gasteiger partial charge >= 0.3 is 0 Å². The number of nitrogens with one attached hydrogen (secondary N) is 2. The molecule has 0 aliphatic carbocycles. The number of hydrazone groups is 1. The number of aryl methyl sites for hydroxylation is 3. The number of methoxy groups -OCH3 is 1. The minimum atomic E-state index is -0.301. The van der Waals surface area contributed by atoms with E-state index in [1.165, 1.54) is 17.3 Å². The van der Waals surface area contributed by atoms with Gasteiger partial charge < -0.3 is 19.2 Å². The predicted octanol–water partition coefficient (Wildman–Crippen LogP) is 4.82. The molecule has 0 bridgehead atoms. The molecule has 0 spiro atoms. The first-order valence-corrected chi connectivity index (χ1v) is 14.0. The molecule has 3 aromatic carbocycles. The van der Waals surface area contributed by atoms with Gasteiger partial charge in [-0.2, -0.15) is 5.10 Å². The second kappa shape index (κ2) is 15.2. The third kappa shape index (κ3) is 9.80. The lowest BCUT2D eigenvalue weighted by Gasteiger charge is -2.07. The van der Waals surface area contributed by atoms with Crippen LogP contribution in [-0.4, -0.2) is 47.7 Å². The van der Waals surface area contributed by atoms with Crippen LogP contribution >= 0.6 is 11.8 Å². The summed E-state index contributed by atoms with van der Waals surface area (Å²) in [4.78, 5) is 24.2. The highest BCUT2D eigenvalue weighted by Gasteiger charge is 2.10. The number of para-hydroxylation sites is 1. The molecule has 2 amide bonds. The van der Waals surface area contributed by atoms with Gasteiger partial charge in [-0.15, -0.1) is 10.2 Å². The summed E-state index contributed by atoms with van der Waals surface area (Å²) in [6.45, 7) is 1.96. The molecule has 4 rings (SSSR count). The number of amides is 2. The van der Waals surface area contributed by atoms with Gasteiger partial charge in [-0.1, -0.05) is 36.0 Å². The highest BCUT2D eigenvalue weighted by Crippen LogP contribution is 2.20. The Labute approximate surface area is 242 Å². The minimum absolute atomic E-state index is 0.0852. The van der Waals surface area contributed by atoms with Crippen molar-refractivity contribution in [2.24, 2.45) is 5.10 Å². The van der Waals surface area contributed by atoms with Gasteiger partial charge in [0, 0.05) is 12.1 Å². The topological polar surface area (TPSA) is 128 Å². The standard InChI is InChI=1S/C30H31N5O5S/c1-21-17-26(38-2)16-13-23(21)7-6-10-29-34-35-30(40-29)41-20-28(37)33-31-18-22-11-14-25(15-12-22)39-19-27(36)32-24-8-4-3-5-9-24/h3-5,8-9,11-18H,6-7,10,19-20H2,1-2H3,(H,32,36)(H,33,37)/b31-18-. The Morgan fingerprint density at radius 2 is 1.76 bits per heavy atom. The van der Waals surface area contributed by atoms with Crippen molar-refractivity contribution in [1.29, 1.82) is 0 Å². The maximum atomic E-state index is 12.2. The molecular weight excluding hydrogens is 542 g/mol. The predicted molar refractivity (Wildman–Crippen MR) is 158 cm³/mol. The summed E-state index contributed by atoms with van der Waals surface area (Å²) in [6.07, 6.45) is 3.93. The number of hydrogen-bond donors (Lipinski definition) is 2. The number of ether oxygens (including phenoxy) is 2. The Hall–Kier alpha value is -4.64. The van der Waals surface area contributed by atoms with Crippen molar-refractivity contribution in [3.63, 3.8) is 0 Å². The first kappa shape index (κ1) is 29.3. The zero-order valence-electron chi connectivity index (χ0n) is 22.8. The van der Waals surface area contributed by atoms with Crippen LogP contribution in [0.4, 0.5) is 5.69 Å². The van der Waals surface area contributed by atoms with E-state index in [0.717, 1.165) is 35.9 Å². The molecule has 41 heavy (non-hydrogen) atoms. The van der Waals surface area contributed by atoms with Gasteiger partial charge in [0.2, 0.25) is 5.89 Å². The zero-order chi connectivity index (χ0) is 28.9. The van der Waals surface area contributed by atoms with E-state index in [9.17, 15) is 9.59 Å². The van der Waals surface area contributed by atoms with Gasteiger partial charge in [-0.05, 0) is 85.0 Å². The largest absolute Gasteiger partial charge is 0.497 e. The van der Waals surface area contributed by atoms with Gasteiger partial charge in [0.05, 0.1) is 19.1 Å². The molecule has 0 aliphatic rings. The van der Waals surface area contributed by atoms with Crippen molar-refractivity contribution < 1.29 is 23.5 Å². The number of anilines is 1. The van der Waals surface area contributed by atoms with Gasteiger partial charge in [0.15, 0.2) is 6.61 Å². The zero-order valence-corrected chi connectivity index (χ0v) is 23.6. The first-order valence-electron chi connectivity index (χ1n) is 13.0. The number of carbonyl (C=O) groups is 2. The van der Waals surface area contributed by atoms with Crippen molar-refractivity contribution in [3.8, 4) is 11.5 Å². The van der Waals surface area contributed by atoms with Crippen molar-refractivity contribution in [3.05, 3.63) is 95.4 Å². The number of hydrogen-bond acceptors (Lipinski definition) is 9. The first-order chi connectivity index (χ1) is 20.0. The Balaban J connectivity index is 1.12. The highest BCUT2D eigenvalue weighted by molar-refractivity contribution is 7.99. The third-order valence-electron chi connectivity index (χ3n) is 5.87. The highest BCUT2D eigenvalue weighted by atomic mass is 32.2. The molecule has 0 radical (unpaired) electrons. The monoisotopic (exact) mass is 573 g/mol. The maximum absolute atomic E-state index is 12.2. The van der Waals surface area contributed by atoms with Crippen molar-refractivity contribution >= 4 is 35.5 Å². The van der Waals surface area contributed by atoms with E-state index in [4.69, 9.17) is 13.9 Å². The van der Waals surface area contributed by atoms with Crippen LogP contribution in [0.25, 0.3) is 0 Å². The van der Waals surface area contributed by atoms with Crippen LogP contribution in [0.2, 0.25) is 0 Å². The Kier molecular flexibility index (Phi) is 10.9. The van der Waals surface area contributed by atoms with Crippen LogP contribution in [0.3, 0.4) is 0 Å². The van der Waals surface area contributed by atoms with Crippen LogP contribution in [0.5, 0.6) is 11.5 Å². The van der Waals surface area contributed by atoms with Gasteiger partial charge in [-0.25, -0.2) is 5.43 Å². The molecule has 0 saturated heterocycles. The fourth-order valence-corrected chi connectivity index (χ4v) is 4.33. The van der Waals surface area contributed by atoms with Crippen molar-refractivity contribution in [1.82, 2.24) is 15.6 Å². The average molecular weight is 574 g/mol. The lowest BCUT2D eigenvalue weighted by molar-refractivity contribution is -0.119. The molecule has 0 saturated carbocycles. The van der Waals surface area contributed by atoms with E-state index in [2.05, 4.69) is 39.0 Å². The smallest absolute Gasteiger partial charge is 0.277 e. The van der Waals surface area contributed by atoms with E-state index in [1.54, 1.807) is 43.5 Å². The number of aromatic nitrogens is 2. The molecule has 212 valence electrons. The lowest BCUT2D eigenvalue weighted by atomic mass is 10.0. The minimum Gasteiger partial charge on any atom is -0.497 e. The molecule has 0 atom stereocenters. The maximum Gasteiger partial charge on any atom is 0.277 e. The normalized spacial score (nSPS) is 10.9. The molecule has 2 N–H and O–H groups in total. The summed E-state index contributed by atoms with van der Waals surface area (Å²) >= 11 is 1.15. The molecule has 1 heterocycles. The van der Waals surface area contributed by atoms with E-state index < -0.39 is 0 Å². The number of nitrogens with zero attached hydrogens (tertiary/aromatic N) is 3. The quantitative estimate of drug-likeness (QED) is 0.125. The summed E-state index contributed by atoms with van der Waals surface area (Å²) in [5.74, 6) is 1.47. The van der Waals surface area contributed by atoms with Crippen molar-refractivity contribution in [2.75, 3.05) is 24.8 Å². The number of thioether (sulfide) groups is 1. The molecule has 0 unspecified atom stereocenters. The number of benzene rings is 3. The summed E-state index contributed by atoms with van der Waals surface area (Å²) in [7, 11) is 1.66. The second-order valence-corrected chi connectivity index (χ2v) is 9.89. The Morgan fingerprint density at radius 1 is 0.976 bits per heavy atom. The number of rotatable bonds is 14. The molecule has 0 aliphatic heterocycles. The molecular formula is C30H31N5O5S. The average Bonchev–Trinajstić information content (AvgIpc) is 3.44. The van der Waals surface area contributed by atoms with Crippen LogP contribution in [0.15, 0.2) is 87.5 Å². The summed E-state index contributed by atoms with van der Waals surface area (Å²) < 4.78 is 16.4. The fourth-order valence-electron chi connectivity index (χ4n) is 3.76. The van der Waals surface area contributed by atoms with Gasteiger partial charge in [0.1, 0.15) is 11.5 Å².